The van der Waals surface area contributed by atoms with E-state index >= 15 is 0 Å². The molecule has 0 saturated heterocycles. The smallest absolute Gasteiger partial charge is 0.352 e. The van der Waals surface area contributed by atoms with E-state index in [9.17, 15) is 14.7 Å². The average Bonchev–Trinajstić information content (AvgIpc) is 3.00. The molecule has 0 aliphatic heterocycles. The zero-order valence-corrected chi connectivity index (χ0v) is 26.0. The van der Waals surface area contributed by atoms with E-state index in [2.05, 4.69) is 37.9 Å². The third kappa shape index (κ3) is 7.04. The second kappa shape index (κ2) is 14.3. The van der Waals surface area contributed by atoms with Crippen LogP contribution in [0.2, 0.25) is 0 Å². The highest BCUT2D eigenvalue weighted by molar-refractivity contribution is 5.79. The van der Waals surface area contributed by atoms with Crippen molar-refractivity contribution in [3.8, 4) is 11.6 Å². The van der Waals surface area contributed by atoms with Crippen molar-refractivity contribution >= 4 is 5.97 Å². The van der Waals surface area contributed by atoms with Crippen molar-refractivity contribution in [2.75, 3.05) is 0 Å². The van der Waals surface area contributed by atoms with E-state index in [1.165, 1.54) is 0 Å². The van der Waals surface area contributed by atoms with Crippen molar-refractivity contribution in [2.45, 2.75) is 91.6 Å². The molecule has 1 unspecified atom stereocenters. The number of benzene rings is 2. The standard InChI is InChI=1S/C36H43N3O4/c1-6-9-19-31-30(34(40)39(25(4)38-31)32-20-13-14-21-37-32)24-26-22-27(15-7-2)33(28(23-26)16-8-3)43-36(5,35(41)42)29-17-11-10-12-18-29/h10-14,17-18,20-23H,6-9,15-16,19,24H2,1-5H3,(H,41,42). The number of pyridine rings is 1. The molecular weight excluding hydrogens is 538 g/mol. The SMILES string of the molecule is CCCCc1nc(C)n(-c2ccccn2)c(=O)c1Cc1cc(CCC)c(OC(C)(C(=O)O)c2ccccc2)c(CCC)c1. The van der Waals surface area contributed by atoms with Gasteiger partial charge in [-0.15, -0.1) is 0 Å². The number of hydrogen-bond donors (Lipinski definition) is 1. The molecule has 0 amide bonds. The van der Waals surface area contributed by atoms with Gasteiger partial charge in [-0.2, -0.15) is 0 Å². The summed E-state index contributed by atoms with van der Waals surface area (Å²) in [4.78, 5) is 36.1. The van der Waals surface area contributed by atoms with Crippen LogP contribution in [-0.2, 0) is 36.1 Å². The second-order valence-electron chi connectivity index (χ2n) is 11.2. The van der Waals surface area contributed by atoms with Gasteiger partial charge in [0.2, 0.25) is 5.60 Å². The van der Waals surface area contributed by atoms with Crippen LogP contribution in [0.3, 0.4) is 0 Å². The minimum atomic E-state index is -1.56. The van der Waals surface area contributed by atoms with E-state index < -0.39 is 11.6 Å². The van der Waals surface area contributed by atoms with Crippen molar-refractivity contribution < 1.29 is 14.6 Å². The van der Waals surface area contributed by atoms with Crippen LogP contribution in [0, 0.1) is 6.92 Å². The number of aryl methyl sites for hydroxylation is 4. The Balaban J connectivity index is 1.86. The summed E-state index contributed by atoms with van der Waals surface area (Å²) in [6.45, 7) is 9.80. The van der Waals surface area contributed by atoms with Crippen LogP contribution in [0.5, 0.6) is 5.75 Å². The van der Waals surface area contributed by atoms with Crippen molar-refractivity contribution in [3.05, 3.63) is 117 Å². The molecule has 4 rings (SSSR count). The van der Waals surface area contributed by atoms with Crippen LogP contribution < -0.4 is 10.3 Å². The van der Waals surface area contributed by atoms with Gasteiger partial charge >= 0.3 is 5.97 Å². The number of rotatable bonds is 14. The molecule has 0 saturated carbocycles. The predicted molar refractivity (Wildman–Crippen MR) is 170 cm³/mol. The van der Waals surface area contributed by atoms with Crippen LogP contribution in [0.25, 0.3) is 5.82 Å². The van der Waals surface area contributed by atoms with Gasteiger partial charge in [-0.3, -0.25) is 4.79 Å². The molecule has 2 aromatic heterocycles. The summed E-state index contributed by atoms with van der Waals surface area (Å²) in [6.07, 6.45) is 7.93. The number of ether oxygens (including phenoxy) is 1. The van der Waals surface area contributed by atoms with E-state index in [0.29, 0.717) is 34.9 Å². The van der Waals surface area contributed by atoms with Gasteiger partial charge in [-0.1, -0.05) is 88.6 Å². The molecule has 0 fully saturated rings. The number of aliphatic carboxylic acids is 1. The molecular formula is C36H43N3O4. The van der Waals surface area contributed by atoms with Gasteiger partial charge in [0.05, 0.1) is 5.69 Å². The van der Waals surface area contributed by atoms with Crippen LogP contribution in [0.4, 0.5) is 0 Å². The van der Waals surface area contributed by atoms with Crippen molar-refractivity contribution in [1.29, 1.82) is 0 Å². The fraction of sp³-hybridized carbons (Fsp3) is 0.389. The minimum absolute atomic E-state index is 0.103. The third-order valence-electron chi connectivity index (χ3n) is 7.84. The van der Waals surface area contributed by atoms with Crippen LogP contribution in [0.15, 0.2) is 71.7 Å². The zero-order valence-electron chi connectivity index (χ0n) is 26.0. The van der Waals surface area contributed by atoms with Crippen molar-refractivity contribution in [1.82, 2.24) is 14.5 Å². The van der Waals surface area contributed by atoms with Gasteiger partial charge < -0.3 is 9.84 Å². The molecule has 7 heteroatoms. The lowest BCUT2D eigenvalue weighted by Gasteiger charge is -2.30. The lowest BCUT2D eigenvalue weighted by Crippen LogP contribution is -2.39. The first-order valence-corrected chi connectivity index (χ1v) is 15.4. The second-order valence-corrected chi connectivity index (χ2v) is 11.2. The molecule has 4 aromatic rings. The molecule has 1 N–H and O–H groups in total. The summed E-state index contributed by atoms with van der Waals surface area (Å²) in [5.41, 5.74) is 3.31. The number of carbonyl (C=O) groups is 1. The van der Waals surface area contributed by atoms with Crippen molar-refractivity contribution in [3.63, 3.8) is 0 Å². The number of unbranched alkanes of at least 4 members (excludes halogenated alkanes) is 1. The molecule has 0 spiro atoms. The highest BCUT2D eigenvalue weighted by Crippen LogP contribution is 2.36. The molecule has 1 atom stereocenters. The van der Waals surface area contributed by atoms with Crippen LogP contribution in [0.1, 0.15) is 92.7 Å². The van der Waals surface area contributed by atoms with E-state index in [1.54, 1.807) is 29.8 Å². The molecule has 0 radical (unpaired) electrons. The normalized spacial score (nSPS) is 12.6. The highest BCUT2D eigenvalue weighted by atomic mass is 16.5. The molecule has 0 bridgehead atoms. The Kier molecular flexibility index (Phi) is 10.5. The molecule has 2 aromatic carbocycles. The summed E-state index contributed by atoms with van der Waals surface area (Å²) in [7, 11) is 0. The lowest BCUT2D eigenvalue weighted by molar-refractivity contribution is -0.154. The topological polar surface area (TPSA) is 94.3 Å². The van der Waals surface area contributed by atoms with Gasteiger partial charge in [0.1, 0.15) is 17.4 Å². The molecule has 226 valence electrons. The van der Waals surface area contributed by atoms with E-state index in [-0.39, 0.29) is 5.56 Å². The van der Waals surface area contributed by atoms with Crippen LogP contribution in [-0.4, -0.2) is 25.6 Å². The van der Waals surface area contributed by atoms with Gasteiger partial charge in [-0.25, -0.2) is 19.3 Å². The first kappa shape index (κ1) is 31.7. The first-order valence-electron chi connectivity index (χ1n) is 15.4. The van der Waals surface area contributed by atoms with E-state index in [4.69, 9.17) is 9.72 Å². The predicted octanol–water partition coefficient (Wildman–Crippen LogP) is 7.15. The maximum atomic E-state index is 14.1. The van der Waals surface area contributed by atoms with E-state index in [0.717, 1.165) is 67.3 Å². The quantitative estimate of drug-likeness (QED) is 0.170. The number of carboxylic acids is 1. The average molecular weight is 582 g/mol. The monoisotopic (exact) mass is 581 g/mol. The highest BCUT2D eigenvalue weighted by Gasteiger charge is 2.39. The molecule has 0 aliphatic carbocycles. The molecule has 0 aliphatic rings. The molecule has 7 nitrogen and oxygen atoms in total. The summed E-state index contributed by atoms with van der Waals surface area (Å²) < 4.78 is 8.13. The summed E-state index contributed by atoms with van der Waals surface area (Å²) in [5, 5.41) is 10.3. The molecule has 43 heavy (non-hydrogen) atoms. The van der Waals surface area contributed by atoms with E-state index in [1.807, 2.05) is 43.3 Å². The summed E-state index contributed by atoms with van der Waals surface area (Å²) in [6, 6.07) is 18.8. The summed E-state index contributed by atoms with van der Waals surface area (Å²) >= 11 is 0. The zero-order chi connectivity index (χ0) is 31.0. The Morgan fingerprint density at radius 1 is 0.930 bits per heavy atom. The number of aromatic nitrogens is 3. The van der Waals surface area contributed by atoms with Gasteiger partial charge in [0.15, 0.2) is 0 Å². The Labute approximate surface area is 254 Å². The first-order chi connectivity index (χ1) is 20.7. The summed E-state index contributed by atoms with van der Waals surface area (Å²) in [5.74, 6) is 0.751. The maximum Gasteiger partial charge on any atom is 0.352 e. The minimum Gasteiger partial charge on any atom is -0.478 e. The molecule has 2 heterocycles. The van der Waals surface area contributed by atoms with Crippen molar-refractivity contribution in [2.24, 2.45) is 0 Å². The Morgan fingerprint density at radius 2 is 1.58 bits per heavy atom. The number of nitrogens with zero attached hydrogens (tertiary/aromatic N) is 3. The maximum absolute atomic E-state index is 14.1. The fourth-order valence-corrected chi connectivity index (χ4v) is 5.56. The largest absolute Gasteiger partial charge is 0.478 e. The van der Waals surface area contributed by atoms with Gasteiger partial charge in [0, 0.05) is 23.7 Å². The van der Waals surface area contributed by atoms with Crippen LogP contribution >= 0.6 is 0 Å². The Bertz CT molecular complexity index is 1570. The number of carboxylic acid groups (broad SMARTS) is 1. The Hall–Kier alpha value is -4.26. The lowest BCUT2D eigenvalue weighted by atomic mass is 9.92. The number of hydrogen-bond acceptors (Lipinski definition) is 5. The van der Waals surface area contributed by atoms with Gasteiger partial charge in [0.25, 0.3) is 5.56 Å². The fourth-order valence-electron chi connectivity index (χ4n) is 5.56. The Morgan fingerprint density at radius 3 is 2.14 bits per heavy atom. The van der Waals surface area contributed by atoms with Gasteiger partial charge in [-0.05, 0) is 68.4 Å². The third-order valence-corrected chi connectivity index (χ3v) is 7.84.